The van der Waals surface area contributed by atoms with E-state index in [9.17, 15) is 9.59 Å². The molecule has 0 fully saturated rings. The Morgan fingerprint density at radius 3 is 2.45 bits per heavy atom. The number of benzene rings is 5. The number of aryl methyl sites for hydroxylation is 1. The fraction of sp³-hybridized carbons (Fsp3) is 0.0833. The second kappa shape index (κ2) is 12.5. The molecule has 1 aromatic heterocycles. The lowest BCUT2D eigenvalue weighted by molar-refractivity contribution is 0.0728. The third-order valence-electron chi connectivity index (χ3n) is 7.21. The van der Waals surface area contributed by atoms with E-state index in [1.165, 1.54) is 6.21 Å². The second-order valence-electron chi connectivity index (χ2n) is 10.2. The SMILES string of the molecule is CCOc1cc(C=NNC(=O)c2[nH]c3c(ccc4ccccc43)c2-c2ccccc2Cl)ccc1OC(=O)c1ccc(C)cc1. The van der Waals surface area contributed by atoms with Crippen molar-refractivity contribution in [1.29, 1.82) is 0 Å². The summed E-state index contributed by atoms with van der Waals surface area (Å²) in [6.07, 6.45) is 1.50. The first-order chi connectivity index (χ1) is 21.4. The first-order valence-electron chi connectivity index (χ1n) is 14.1. The molecule has 0 aliphatic rings. The molecule has 2 N–H and O–H groups in total. The van der Waals surface area contributed by atoms with Gasteiger partial charge in [-0.2, -0.15) is 5.10 Å². The van der Waals surface area contributed by atoms with Crippen LogP contribution in [0.4, 0.5) is 0 Å². The van der Waals surface area contributed by atoms with Crippen LogP contribution in [0.3, 0.4) is 0 Å². The Bertz CT molecular complexity index is 2050. The van der Waals surface area contributed by atoms with Gasteiger partial charge in [0.15, 0.2) is 11.5 Å². The zero-order valence-electron chi connectivity index (χ0n) is 24.1. The van der Waals surface area contributed by atoms with Crippen LogP contribution in [0, 0.1) is 6.92 Å². The molecule has 0 bridgehead atoms. The number of fused-ring (bicyclic) bond motifs is 3. The average Bonchev–Trinajstić information content (AvgIpc) is 3.43. The summed E-state index contributed by atoms with van der Waals surface area (Å²) < 4.78 is 11.3. The molecule has 8 heteroatoms. The topological polar surface area (TPSA) is 92.8 Å². The van der Waals surface area contributed by atoms with Crippen LogP contribution in [-0.2, 0) is 0 Å². The number of nitrogens with zero attached hydrogens (tertiary/aromatic N) is 1. The van der Waals surface area contributed by atoms with Gasteiger partial charge in [-0.25, -0.2) is 10.2 Å². The van der Waals surface area contributed by atoms with Crippen LogP contribution in [0.5, 0.6) is 11.5 Å². The molecule has 6 aromatic rings. The molecule has 7 nitrogen and oxygen atoms in total. The third kappa shape index (κ3) is 5.78. The summed E-state index contributed by atoms with van der Waals surface area (Å²) in [5.41, 5.74) is 7.38. The van der Waals surface area contributed by atoms with Crippen molar-refractivity contribution >= 4 is 51.4 Å². The fourth-order valence-electron chi connectivity index (χ4n) is 5.08. The van der Waals surface area contributed by atoms with E-state index in [1.54, 1.807) is 36.4 Å². The van der Waals surface area contributed by atoms with E-state index < -0.39 is 11.9 Å². The zero-order valence-corrected chi connectivity index (χ0v) is 24.8. The number of hydrogen-bond acceptors (Lipinski definition) is 5. The summed E-state index contributed by atoms with van der Waals surface area (Å²) >= 11 is 6.60. The van der Waals surface area contributed by atoms with E-state index >= 15 is 0 Å². The van der Waals surface area contributed by atoms with Crippen molar-refractivity contribution in [3.63, 3.8) is 0 Å². The van der Waals surface area contributed by atoms with Crippen molar-refractivity contribution in [3.05, 3.63) is 131 Å². The number of aromatic nitrogens is 1. The van der Waals surface area contributed by atoms with Gasteiger partial charge < -0.3 is 14.5 Å². The molecule has 0 unspecified atom stereocenters. The number of hydrazone groups is 1. The summed E-state index contributed by atoms with van der Waals surface area (Å²) in [6, 6.07) is 31.6. The Balaban J connectivity index is 1.28. The molecule has 0 atom stereocenters. The maximum atomic E-state index is 13.6. The molecule has 1 amide bonds. The second-order valence-corrected chi connectivity index (χ2v) is 10.6. The van der Waals surface area contributed by atoms with Crippen LogP contribution in [0.25, 0.3) is 32.8 Å². The number of nitrogens with one attached hydrogen (secondary N) is 2. The summed E-state index contributed by atoms with van der Waals surface area (Å²) in [7, 11) is 0. The van der Waals surface area contributed by atoms with Crippen molar-refractivity contribution in [1.82, 2.24) is 10.4 Å². The van der Waals surface area contributed by atoms with E-state index in [2.05, 4.69) is 15.5 Å². The lowest BCUT2D eigenvalue weighted by Gasteiger charge is -2.11. The number of hydrogen-bond donors (Lipinski definition) is 2. The number of halogens is 1. The highest BCUT2D eigenvalue weighted by Gasteiger charge is 2.22. The minimum Gasteiger partial charge on any atom is -0.490 e. The minimum atomic E-state index is -0.486. The van der Waals surface area contributed by atoms with Crippen molar-refractivity contribution in [3.8, 4) is 22.6 Å². The van der Waals surface area contributed by atoms with Crippen LogP contribution in [0.2, 0.25) is 5.02 Å². The number of H-pyrrole nitrogens is 1. The molecule has 0 aliphatic carbocycles. The average molecular weight is 602 g/mol. The largest absolute Gasteiger partial charge is 0.490 e. The van der Waals surface area contributed by atoms with Gasteiger partial charge >= 0.3 is 5.97 Å². The molecule has 44 heavy (non-hydrogen) atoms. The number of carbonyl (C=O) groups is 2. The summed E-state index contributed by atoms with van der Waals surface area (Å²) in [5.74, 6) is -0.245. The van der Waals surface area contributed by atoms with Crippen LogP contribution >= 0.6 is 11.6 Å². The van der Waals surface area contributed by atoms with Gasteiger partial charge in [-0.1, -0.05) is 83.9 Å². The van der Waals surface area contributed by atoms with Gasteiger partial charge in [0.25, 0.3) is 5.91 Å². The van der Waals surface area contributed by atoms with E-state index in [-0.39, 0.29) is 5.75 Å². The van der Waals surface area contributed by atoms with Crippen molar-refractivity contribution in [2.45, 2.75) is 13.8 Å². The van der Waals surface area contributed by atoms with Crippen LogP contribution in [-0.4, -0.2) is 29.7 Å². The Kier molecular flexibility index (Phi) is 8.12. The third-order valence-corrected chi connectivity index (χ3v) is 7.54. The fourth-order valence-corrected chi connectivity index (χ4v) is 5.31. The van der Waals surface area contributed by atoms with E-state index in [0.29, 0.717) is 39.8 Å². The number of carbonyl (C=O) groups excluding carboxylic acids is 2. The van der Waals surface area contributed by atoms with Gasteiger partial charge in [0.05, 0.1) is 23.9 Å². The molecular weight excluding hydrogens is 574 g/mol. The highest BCUT2D eigenvalue weighted by molar-refractivity contribution is 6.34. The monoisotopic (exact) mass is 601 g/mol. The molecule has 218 valence electrons. The highest BCUT2D eigenvalue weighted by atomic mass is 35.5. The number of aromatic amines is 1. The Morgan fingerprint density at radius 1 is 0.886 bits per heavy atom. The molecule has 1 heterocycles. The standard InChI is InChI=1S/C36H28ClN3O4/c1-3-43-31-20-23(14-19-30(31)44-36(42)25-15-12-22(2)13-16-25)21-38-40-35(41)34-32(27-10-6-7-11-29(27)37)28-18-17-24-8-4-5-9-26(24)33(28)39-34/h4-21,39H,3H2,1-2H3,(H,40,41). The normalized spacial score (nSPS) is 11.2. The Morgan fingerprint density at radius 2 is 1.66 bits per heavy atom. The lowest BCUT2D eigenvalue weighted by Crippen LogP contribution is -2.19. The molecule has 6 rings (SSSR count). The number of amides is 1. The molecular formula is C36H28ClN3O4. The predicted octanol–water partition coefficient (Wildman–Crippen LogP) is 8.33. The maximum absolute atomic E-state index is 13.6. The quantitative estimate of drug-likeness (QED) is 0.0794. The van der Waals surface area contributed by atoms with Crippen LogP contribution < -0.4 is 14.9 Å². The maximum Gasteiger partial charge on any atom is 0.343 e. The van der Waals surface area contributed by atoms with Crippen LogP contribution in [0.15, 0.2) is 108 Å². The zero-order chi connectivity index (χ0) is 30.6. The van der Waals surface area contributed by atoms with Crippen molar-refractivity contribution in [2.75, 3.05) is 6.61 Å². The molecule has 0 saturated heterocycles. The summed E-state index contributed by atoms with van der Waals surface area (Å²) in [6.45, 7) is 4.16. The van der Waals surface area contributed by atoms with Gasteiger partial charge in [-0.05, 0) is 61.2 Å². The summed E-state index contributed by atoms with van der Waals surface area (Å²) in [4.78, 5) is 29.6. The molecule has 0 radical (unpaired) electrons. The Hall–Kier alpha value is -5.40. The first kappa shape index (κ1) is 28.7. The molecule has 0 spiro atoms. The van der Waals surface area contributed by atoms with Gasteiger partial charge in [0, 0.05) is 26.9 Å². The van der Waals surface area contributed by atoms with Gasteiger partial charge in [-0.15, -0.1) is 0 Å². The van der Waals surface area contributed by atoms with Crippen molar-refractivity contribution < 1.29 is 19.1 Å². The summed E-state index contributed by atoms with van der Waals surface area (Å²) in [5, 5.41) is 7.67. The van der Waals surface area contributed by atoms with Gasteiger partial charge in [0.1, 0.15) is 5.69 Å². The molecule has 0 aliphatic heterocycles. The number of rotatable bonds is 8. The highest BCUT2D eigenvalue weighted by Crippen LogP contribution is 2.39. The number of esters is 1. The van der Waals surface area contributed by atoms with E-state index in [4.69, 9.17) is 21.1 Å². The Labute approximate surface area is 259 Å². The van der Waals surface area contributed by atoms with E-state index in [0.717, 1.165) is 32.8 Å². The van der Waals surface area contributed by atoms with Crippen LogP contribution in [0.1, 0.15) is 38.9 Å². The smallest absolute Gasteiger partial charge is 0.343 e. The minimum absolute atomic E-state index is 0.285. The van der Waals surface area contributed by atoms with Gasteiger partial charge in [0.2, 0.25) is 0 Å². The molecule has 5 aromatic carbocycles. The van der Waals surface area contributed by atoms with Crippen molar-refractivity contribution in [2.24, 2.45) is 5.10 Å². The number of ether oxygens (including phenoxy) is 2. The van der Waals surface area contributed by atoms with E-state index in [1.807, 2.05) is 80.6 Å². The lowest BCUT2D eigenvalue weighted by atomic mass is 9.99. The predicted molar refractivity (Wildman–Crippen MR) is 175 cm³/mol. The molecule has 0 saturated carbocycles. The van der Waals surface area contributed by atoms with Gasteiger partial charge in [-0.3, -0.25) is 4.79 Å². The first-order valence-corrected chi connectivity index (χ1v) is 14.5.